The largest absolute Gasteiger partial charge is 0.507 e. The summed E-state index contributed by atoms with van der Waals surface area (Å²) in [5, 5.41) is 19.9. The molecule has 0 saturated heterocycles. The number of ketones is 1. The Hall–Kier alpha value is -2.13. The first-order chi connectivity index (χ1) is 8.56. The Bertz CT molecular complexity index is 540. The van der Waals surface area contributed by atoms with E-state index in [1.807, 2.05) is 6.07 Å². The van der Waals surface area contributed by atoms with Gasteiger partial charge in [-0.15, -0.1) is 0 Å². The Kier molecular flexibility index (Phi) is 3.17. The van der Waals surface area contributed by atoms with Gasteiger partial charge in [0.2, 0.25) is 0 Å². The zero-order valence-corrected chi connectivity index (χ0v) is 9.84. The second kappa shape index (κ2) is 4.63. The number of hydrogen-bond acceptors (Lipinski definition) is 3. The van der Waals surface area contributed by atoms with Crippen molar-refractivity contribution in [3.8, 4) is 0 Å². The molecule has 18 heavy (non-hydrogen) atoms. The normalized spacial score (nSPS) is 25.9. The van der Waals surface area contributed by atoms with Gasteiger partial charge in [-0.2, -0.15) is 0 Å². The van der Waals surface area contributed by atoms with E-state index in [9.17, 15) is 15.0 Å². The molecule has 1 atom stereocenters. The number of hydrogen-bond donors (Lipinski definition) is 2. The molecule has 0 spiro atoms. The minimum absolute atomic E-state index is 0.0667. The lowest BCUT2D eigenvalue weighted by molar-refractivity contribution is -0.118. The Labute approximate surface area is 105 Å². The van der Waals surface area contributed by atoms with E-state index in [1.165, 1.54) is 18.2 Å². The van der Waals surface area contributed by atoms with Crippen LogP contribution in [0.5, 0.6) is 0 Å². The second-order valence-electron chi connectivity index (χ2n) is 4.26. The highest BCUT2D eigenvalue weighted by Gasteiger charge is 2.30. The molecule has 0 aromatic heterocycles. The molecule has 1 aromatic rings. The minimum Gasteiger partial charge on any atom is -0.507 e. The van der Waals surface area contributed by atoms with E-state index in [-0.39, 0.29) is 23.5 Å². The maximum atomic E-state index is 11.9. The van der Waals surface area contributed by atoms with Crippen LogP contribution < -0.4 is 0 Å². The van der Waals surface area contributed by atoms with Crippen molar-refractivity contribution in [3.63, 3.8) is 0 Å². The van der Waals surface area contributed by atoms with Crippen LogP contribution in [0.2, 0.25) is 0 Å². The molecule has 3 nitrogen and oxygen atoms in total. The first-order valence-corrected chi connectivity index (χ1v) is 5.63. The summed E-state index contributed by atoms with van der Waals surface area (Å²) in [6.07, 6.45) is 4.13. The average molecular weight is 242 g/mol. The number of carbonyl (C=O) groups excluding carboxylic acids is 1. The van der Waals surface area contributed by atoms with Crippen LogP contribution in [0.3, 0.4) is 0 Å². The summed E-state index contributed by atoms with van der Waals surface area (Å²) < 4.78 is 0. The average Bonchev–Trinajstić information content (AvgIpc) is 2.39. The van der Waals surface area contributed by atoms with Crippen LogP contribution in [0.15, 0.2) is 60.7 Å². The van der Waals surface area contributed by atoms with E-state index >= 15 is 0 Å². The molecule has 1 aliphatic rings. The summed E-state index contributed by atoms with van der Waals surface area (Å²) in [6.45, 7) is 3.49. The smallest absolute Gasteiger partial charge is 0.170 e. The molecule has 1 unspecified atom stereocenters. The van der Waals surface area contributed by atoms with Crippen molar-refractivity contribution in [2.75, 3.05) is 0 Å². The molecule has 0 amide bonds. The number of carbonyl (C=O) groups is 1. The van der Waals surface area contributed by atoms with Gasteiger partial charge in [0.05, 0.1) is 5.57 Å². The standard InChI is InChI=1S/C15H14O3/c1-2-15(18)9-8-12(13(16)10-15)14(17)11-6-4-3-5-7-11/h2-9,17-18H,1,10H2. The van der Waals surface area contributed by atoms with Gasteiger partial charge in [0.25, 0.3) is 0 Å². The molecular weight excluding hydrogens is 228 g/mol. The van der Waals surface area contributed by atoms with Crippen molar-refractivity contribution < 1.29 is 15.0 Å². The van der Waals surface area contributed by atoms with Gasteiger partial charge in [-0.25, -0.2) is 0 Å². The number of benzene rings is 1. The second-order valence-corrected chi connectivity index (χ2v) is 4.26. The van der Waals surface area contributed by atoms with Crippen molar-refractivity contribution in [2.24, 2.45) is 0 Å². The maximum Gasteiger partial charge on any atom is 0.170 e. The maximum absolute atomic E-state index is 11.9. The van der Waals surface area contributed by atoms with Gasteiger partial charge < -0.3 is 10.2 Å². The van der Waals surface area contributed by atoms with Crippen LogP contribution in [-0.4, -0.2) is 21.6 Å². The molecule has 0 fully saturated rings. The van der Waals surface area contributed by atoms with Crippen molar-refractivity contribution in [1.29, 1.82) is 0 Å². The van der Waals surface area contributed by atoms with Crippen LogP contribution in [0, 0.1) is 0 Å². The number of Topliss-reactive ketones (excluding diaryl/α,β-unsaturated/α-hetero) is 1. The molecule has 0 heterocycles. The van der Waals surface area contributed by atoms with Crippen LogP contribution in [0.4, 0.5) is 0 Å². The highest BCUT2D eigenvalue weighted by Crippen LogP contribution is 2.27. The number of allylic oxidation sites excluding steroid dienone is 2. The topological polar surface area (TPSA) is 57.5 Å². The van der Waals surface area contributed by atoms with Gasteiger partial charge in [-0.05, 0) is 12.2 Å². The Morgan fingerprint density at radius 3 is 2.56 bits per heavy atom. The third-order valence-corrected chi connectivity index (χ3v) is 2.94. The highest BCUT2D eigenvalue weighted by atomic mass is 16.3. The summed E-state index contributed by atoms with van der Waals surface area (Å²) in [5.74, 6) is -0.371. The van der Waals surface area contributed by atoms with E-state index < -0.39 is 5.60 Å². The molecule has 2 N–H and O–H groups in total. The van der Waals surface area contributed by atoms with E-state index in [1.54, 1.807) is 24.3 Å². The SMILES string of the molecule is C=CC1(O)C=CC(=C(O)c2ccccc2)C(=O)C1. The lowest BCUT2D eigenvalue weighted by Gasteiger charge is -2.24. The zero-order valence-electron chi connectivity index (χ0n) is 9.84. The lowest BCUT2D eigenvalue weighted by atomic mass is 9.86. The van der Waals surface area contributed by atoms with Crippen LogP contribution in [-0.2, 0) is 4.79 Å². The van der Waals surface area contributed by atoms with E-state index in [4.69, 9.17) is 0 Å². The van der Waals surface area contributed by atoms with Crippen LogP contribution in [0.25, 0.3) is 5.76 Å². The fourth-order valence-electron chi connectivity index (χ4n) is 1.83. The summed E-state index contributed by atoms with van der Waals surface area (Å²) in [7, 11) is 0. The van der Waals surface area contributed by atoms with Crippen LogP contribution in [0.1, 0.15) is 12.0 Å². The first-order valence-electron chi connectivity index (χ1n) is 5.63. The number of rotatable bonds is 2. The van der Waals surface area contributed by atoms with Gasteiger partial charge in [0, 0.05) is 12.0 Å². The van der Waals surface area contributed by atoms with Crippen LogP contribution >= 0.6 is 0 Å². The number of aliphatic hydroxyl groups is 2. The number of aliphatic hydroxyl groups excluding tert-OH is 1. The monoisotopic (exact) mass is 242 g/mol. The summed E-state index contributed by atoms with van der Waals surface area (Å²) in [6, 6.07) is 8.83. The van der Waals surface area contributed by atoms with Gasteiger partial charge in [0.15, 0.2) is 5.78 Å². The summed E-state index contributed by atoms with van der Waals surface area (Å²) >= 11 is 0. The van der Waals surface area contributed by atoms with Crippen molar-refractivity contribution in [1.82, 2.24) is 0 Å². The van der Waals surface area contributed by atoms with E-state index in [0.717, 1.165) is 0 Å². The van der Waals surface area contributed by atoms with Crippen molar-refractivity contribution >= 4 is 11.5 Å². The molecule has 3 heteroatoms. The van der Waals surface area contributed by atoms with E-state index in [0.29, 0.717) is 5.56 Å². The van der Waals surface area contributed by atoms with Gasteiger partial charge in [-0.1, -0.05) is 43.0 Å². The molecular formula is C15H14O3. The first kappa shape index (κ1) is 12.3. The highest BCUT2D eigenvalue weighted by molar-refractivity contribution is 6.05. The quantitative estimate of drug-likeness (QED) is 0.475. The Morgan fingerprint density at radius 2 is 2.00 bits per heavy atom. The Balaban J connectivity index is 2.44. The summed E-state index contributed by atoms with van der Waals surface area (Å²) in [4.78, 5) is 11.9. The molecule has 0 bridgehead atoms. The zero-order chi connectivity index (χ0) is 13.2. The van der Waals surface area contributed by atoms with Gasteiger partial charge >= 0.3 is 0 Å². The molecule has 2 rings (SSSR count). The van der Waals surface area contributed by atoms with E-state index in [2.05, 4.69) is 6.58 Å². The summed E-state index contributed by atoms with van der Waals surface area (Å²) in [5.41, 5.74) is -0.514. The molecule has 1 aromatic carbocycles. The van der Waals surface area contributed by atoms with Gasteiger partial charge in [0.1, 0.15) is 11.4 Å². The molecule has 0 saturated carbocycles. The third kappa shape index (κ3) is 2.26. The fourth-order valence-corrected chi connectivity index (χ4v) is 1.83. The predicted molar refractivity (Wildman–Crippen MR) is 69.9 cm³/mol. The third-order valence-electron chi connectivity index (χ3n) is 2.94. The lowest BCUT2D eigenvalue weighted by Crippen LogP contribution is -2.30. The molecule has 0 aliphatic heterocycles. The van der Waals surface area contributed by atoms with Gasteiger partial charge in [-0.3, -0.25) is 4.79 Å². The molecule has 0 radical (unpaired) electrons. The Morgan fingerprint density at radius 1 is 1.33 bits per heavy atom. The van der Waals surface area contributed by atoms with Crippen molar-refractivity contribution in [3.05, 3.63) is 66.3 Å². The minimum atomic E-state index is -1.31. The fraction of sp³-hybridized carbons (Fsp3) is 0.133. The van der Waals surface area contributed by atoms with Crippen molar-refractivity contribution in [2.45, 2.75) is 12.0 Å². The molecule has 92 valence electrons. The molecule has 1 aliphatic carbocycles. The predicted octanol–water partition coefficient (Wildman–Crippen LogP) is 2.40.